The van der Waals surface area contributed by atoms with Crippen LogP contribution in [0.1, 0.15) is 76.0 Å². The Balaban J connectivity index is -0.000000169. The van der Waals surface area contributed by atoms with Crippen molar-refractivity contribution in [1.29, 1.82) is 0 Å². The topological polar surface area (TPSA) is 42.3 Å². The van der Waals surface area contributed by atoms with Gasteiger partial charge >= 0.3 is 26.2 Å². The first-order valence-corrected chi connectivity index (χ1v) is 8.42. The van der Waals surface area contributed by atoms with E-state index in [9.17, 15) is 0 Å². The van der Waals surface area contributed by atoms with Gasteiger partial charge in [0.15, 0.2) is 0 Å². The Morgan fingerprint density at radius 3 is 1.21 bits per heavy atom. The van der Waals surface area contributed by atoms with Gasteiger partial charge in [0.05, 0.1) is 0 Å². The molecule has 0 aliphatic heterocycles. The predicted octanol–water partition coefficient (Wildman–Crippen LogP) is 6.63. The molecule has 0 N–H and O–H groups in total. The summed E-state index contributed by atoms with van der Waals surface area (Å²) in [5, 5.41) is 10.5. The maximum atomic E-state index is 3.50. The quantitative estimate of drug-likeness (QED) is 0.498. The molecule has 0 amide bonds. The fraction of sp³-hybridized carbons (Fsp3) is 0.750. The zero-order chi connectivity index (χ0) is 19.0. The summed E-state index contributed by atoms with van der Waals surface area (Å²) in [5.41, 5.74) is 4.59. The first-order valence-electron chi connectivity index (χ1n) is 8.42. The van der Waals surface area contributed by atoms with Crippen molar-refractivity contribution < 1.29 is 26.2 Å². The van der Waals surface area contributed by atoms with Crippen molar-refractivity contribution in [3.63, 3.8) is 0 Å². The van der Waals surface area contributed by atoms with E-state index < -0.39 is 0 Å². The van der Waals surface area contributed by atoms with Crippen molar-refractivity contribution in [2.24, 2.45) is 0 Å². The van der Waals surface area contributed by atoms with Gasteiger partial charge in [-0.2, -0.15) is 65.0 Å². The van der Waals surface area contributed by atoms with Gasteiger partial charge in [0.1, 0.15) is 0 Å². The molecule has 1 aromatic rings. The van der Waals surface area contributed by atoms with E-state index in [1.165, 1.54) is 5.56 Å². The van der Waals surface area contributed by atoms with Crippen molar-refractivity contribution in [3.8, 4) is 0 Å². The molecule has 4 heteroatoms. The Morgan fingerprint density at radius 1 is 0.708 bits per heavy atom. The molecule has 0 spiro atoms. The van der Waals surface area contributed by atoms with Crippen LogP contribution in [0.15, 0.2) is 12.1 Å². The molecular weight excluding hydrogens is 373 g/mol. The van der Waals surface area contributed by atoms with Gasteiger partial charge in [0.25, 0.3) is 0 Å². The standard InChI is InChI=1S/C14H23.3C2H6N.Zr/c1-9(2)12-7-13(10(3)4)14(8-12)11(5)6;3*1-3-2;/h7-11H,1-6H3;3*1-2H3;/q4*-1;+4. The maximum absolute atomic E-state index is 3.50. The summed E-state index contributed by atoms with van der Waals surface area (Å²) in [5.74, 6) is 1.96. The molecule has 0 aliphatic carbocycles. The van der Waals surface area contributed by atoms with E-state index in [1.54, 1.807) is 53.4 Å². The van der Waals surface area contributed by atoms with Crippen molar-refractivity contribution in [2.45, 2.75) is 59.3 Å². The fourth-order valence-electron chi connectivity index (χ4n) is 1.90. The van der Waals surface area contributed by atoms with Crippen LogP contribution in [0.3, 0.4) is 0 Å². The monoisotopic (exact) mass is 413 g/mol. The van der Waals surface area contributed by atoms with E-state index in [2.05, 4.69) is 69.6 Å². The Labute approximate surface area is 172 Å². The molecule has 0 saturated carbocycles. The molecule has 3 nitrogen and oxygen atoms in total. The van der Waals surface area contributed by atoms with Crippen LogP contribution in [-0.2, 0) is 26.2 Å². The van der Waals surface area contributed by atoms with Gasteiger partial charge in [0, 0.05) is 0 Å². The average molecular weight is 415 g/mol. The SMILES string of the molecule is CC(C)c1cc(C(C)C)[c-](C(C)C)c1.C[N-]C.C[N-]C.C[N-]C.[Zr+4]. The van der Waals surface area contributed by atoms with E-state index >= 15 is 0 Å². The molecule has 0 unspecified atom stereocenters. The molecule has 24 heavy (non-hydrogen) atoms. The van der Waals surface area contributed by atoms with Crippen LogP contribution in [-0.4, -0.2) is 42.3 Å². The maximum Gasteiger partial charge on any atom is 4.00 e. The summed E-state index contributed by atoms with van der Waals surface area (Å²) in [7, 11) is 10.5. The van der Waals surface area contributed by atoms with Gasteiger partial charge in [-0.3, -0.25) is 0 Å². The van der Waals surface area contributed by atoms with Crippen molar-refractivity contribution in [2.75, 3.05) is 42.3 Å². The van der Waals surface area contributed by atoms with Crippen LogP contribution in [0.25, 0.3) is 16.0 Å². The first-order chi connectivity index (χ1) is 10.7. The zero-order valence-electron chi connectivity index (χ0n) is 18.2. The summed E-state index contributed by atoms with van der Waals surface area (Å²) >= 11 is 0. The average Bonchev–Trinajstić information content (AvgIpc) is 2.87. The molecular formula is C20H41N3Zr. The molecule has 0 atom stereocenters. The van der Waals surface area contributed by atoms with Crippen LogP contribution in [0.2, 0.25) is 0 Å². The summed E-state index contributed by atoms with van der Waals surface area (Å²) in [6.45, 7) is 13.7. The van der Waals surface area contributed by atoms with E-state index in [4.69, 9.17) is 0 Å². The summed E-state index contributed by atoms with van der Waals surface area (Å²) in [6, 6.07) is 4.79. The van der Waals surface area contributed by atoms with E-state index in [0.717, 1.165) is 0 Å². The minimum atomic E-state index is 0. The van der Waals surface area contributed by atoms with Gasteiger partial charge in [-0.15, -0.1) is 0 Å². The summed E-state index contributed by atoms with van der Waals surface area (Å²) < 4.78 is 0. The molecule has 140 valence electrons. The van der Waals surface area contributed by atoms with Crippen LogP contribution in [0.4, 0.5) is 0 Å². The minimum Gasteiger partial charge on any atom is -0.668 e. The fourth-order valence-corrected chi connectivity index (χ4v) is 1.90. The number of nitrogens with zero attached hydrogens (tertiary/aromatic N) is 3. The van der Waals surface area contributed by atoms with Crippen LogP contribution in [0.5, 0.6) is 0 Å². The molecule has 0 aromatic heterocycles. The third-order valence-electron chi connectivity index (χ3n) is 2.89. The van der Waals surface area contributed by atoms with Crippen LogP contribution in [0, 0.1) is 0 Å². The second-order valence-electron chi connectivity index (χ2n) is 6.51. The second kappa shape index (κ2) is 21.2. The minimum absolute atomic E-state index is 0. The summed E-state index contributed by atoms with van der Waals surface area (Å²) in [6.07, 6.45) is 0. The van der Waals surface area contributed by atoms with Crippen molar-refractivity contribution >= 4 is 0 Å². The van der Waals surface area contributed by atoms with E-state index in [1.807, 2.05) is 0 Å². The number of rotatable bonds is 3. The summed E-state index contributed by atoms with van der Waals surface area (Å²) in [4.78, 5) is 0. The van der Waals surface area contributed by atoms with E-state index in [-0.39, 0.29) is 26.2 Å². The Morgan fingerprint density at radius 2 is 1.04 bits per heavy atom. The Bertz CT molecular complexity index is 314. The van der Waals surface area contributed by atoms with Crippen molar-refractivity contribution in [1.82, 2.24) is 0 Å². The van der Waals surface area contributed by atoms with Gasteiger partial charge in [-0.25, -0.2) is 6.07 Å². The molecule has 0 heterocycles. The zero-order valence-corrected chi connectivity index (χ0v) is 20.7. The third kappa shape index (κ3) is 17.0. The number of hydrogen-bond acceptors (Lipinski definition) is 0. The normalized spacial score (nSPS) is 9.29. The molecule has 1 aromatic carbocycles. The molecule has 0 saturated heterocycles. The third-order valence-corrected chi connectivity index (χ3v) is 2.89. The van der Waals surface area contributed by atoms with Gasteiger partial charge in [0.2, 0.25) is 0 Å². The molecule has 0 aliphatic rings. The van der Waals surface area contributed by atoms with Crippen molar-refractivity contribution in [3.05, 3.63) is 44.8 Å². The van der Waals surface area contributed by atoms with E-state index in [0.29, 0.717) is 17.8 Å². The van der Waals surface area contributed by atoms with Crippen LogP contribution >= 0.6 is 0 Å². The van der Waals surface area contributed by atoms with Gasteiger partial charge < -0.3 is 16.0 Å². The molecule has 0 bridgehead atoms. The van der Waals surface area contributed by atoms with Gasteiger partial charge in [-0.05, 0) is 5.92 Å². The molecule has 0 radical (unpaired) electrons. The van der Waals surface area contributed by atoms with Gasteiger partial charge in [-0.1, -0.05) is 53.4 Å². The number of hydrogen-bond donors (Lipinski definition) is 0. The molecule has 1 rings (SSSR count). The van der Waals surface area contributed by atoms with Crippen LogP contribution < -0.4 is 0 Å². The Kier molecular flexibility index (Phi) is 28.1. The molecule has 0 fully saturated rings. The first kappa shape index (κ1) is 31.8. The second-order valence-corrected chi connectivity index (χ2v) is 6.51. The smallest absolute Gasteiger partial charge is 0.668 e. The predicted molar refractivity (Wildman–Crippen MR) is 110 cm³/mol. The largest absolute Gasteiger partial charge is 4.00 e. The Hall–Kier alpha value is 0.113.